The Morgan fingerprint density at radius 3 is 2.68 bits per heavy atom. The summed E-state index contributed by atoms with van der Waals surface area (Å²) in [5.41, 5.74) is 0.490. The smallest absolute Gasteiger partial charge is 0.308 e. The van der Waals surface area contributed by atoms with Crippen LogP contribution in [0.3, 0.4) is 0 Å². The van der Waals surface area contributed by atoms with E-state index in [4.69, 9.17) is 14.2 Å². The molecular formula is C24H24F2N2O6. The summed E-state index contributed by atoms with van der Waals surface area (Å²) in [5, 5.41) is 2.59. The zero-order chi connectivity index (χ0) is 24.4. The van der Waals surface area contributed by atoms with Crippen molar-refractivity contribution in [2.24, 2.45) is 0 Å². The maximum Gasteiger partial charge on any atom is 0.308 e. The molecular weight excluding hydrogens is 450 g/mol. The summed E-state index contributed by atoms with van der Waals surface area (Å²) >= 11 is 0. The second-order valence-electron chi connectivity index (χ2n) is 8.24. The normalized spacial score (nSPS) is 21.9. The molecule has 1 saturated heterocycles. The van der Waals surface area contributed by atoms with E-state index >= 15 is 0 Å². The molecule has 2 aromatic carbocycles. The molecule has 2 aliphatic heterocycles. The van der Waals surface area contributed by atoms with Crippen LogP contribution in [0.4, 0.5) is 14.5 Å². The fourth-order valence-electron chi connectivity index (χ4n) is 4.22. The standard InChI is InChI=1S/C24H24F2N2O6/c1-28-19-7-5-15(11-22(29)32-2)34-21(19)12-33-20-8-4-14(10-16(20)24(28)31)27-23(30)13-3-6-17(25)18(26)9-13/h3-4,6,8-10,15,19,21H,5,7,11-12H2,1-2H3,(H,27,30)/t15-,19-,21+/m0/s1. The molecule has 0 bridgehead atoms. The highest BCUT2D eigenvalue weighted by atomic mass is 19.2. The van der Waals surface area contributed by atoms with Crippen LogP contribution in [0.15, 0.2) is 36.4 Å². The number of amides is 2. The van der Waals surface area contributed by atoms with Crippen molar-refractivity contribution in [3.8, 4) is 5.75 Å². The Balaban J connectivity index is 1.52. The van der Waals surface area contributed by atoms with Gasteiger partial charge < -0.3 is 24.4 Å². The third-order valence-corrected chi connectivity index (χ3v) is 6.07. The van der Waals surface area contributed by atoms with E-state index < -0.39 is 23.6 Å². The number of carbonyl (C=O) groups is 3. The first kappa shape index (κ1) is 23.6. The number of likely N-dealkylation sites (N-methyl/N-ethyl adjacent to an activating group) is 1. The van der Waals surface area contributed by atoms with Gasteiger partial charge in [-0.25, -0.2) is 8.78 Å². The largest absolute Gasteiger partial charge is 0.490 e. The second kappa shape index (κ2) is 9.76. The van der Waals surface area contributed by atoms with Crippen LogP contribution in [0.2, 0.25) is 0 Å². The van der Waals surface area contributed by atoms with Gasteiger partial charge in [0.25, 0.3) is 11.8 Å². The summed E-state index contributed by atoms with van der Waals surface area (Å²) in [6.45, 7) is 0.174. The number of ether oxygens (including phenoxy) is 3. The molecule has 0 unspecified atom stereocenters. The summed E-state index contributed by atoms with van der Waals surface area (Å²) in [4.78, 5) is 38.9. The topological polar surface area (TPSA) is 94.2 Å². The van der Waals surface area contributed by atoms with E-state index in [1.54, 1.807) is 24.1 Å². The number of anilines is 1. The van der Waals surface area contributed by atoms with Crippen LogP contribution in [0, 0.1) is 11.6 Å². The zero-order valence-electron chi connectivity index (χ0n) is 18.7. The Labute approximate surface area is 194 Å². The third kappa shape index (κ3) is 4.86. The molecule has 2 heterocycles. The molecule has 4 rings (SSSR count). The van der Waals surface area contributed by atoms with E-state index in [1.807, 2.05) is 0 Å². The highest BCUT2D eigenvalue weighted by molar-refractivity contribution is 6.05. The number of carbonyl (C=O) groups excluding carboxylic acids is 3. The van der Waals surface area contributed by atoms with Crippen LogP contribution >= 0.6 is 0 Å². The van der Waals surface area contributed by atoms with Crippen molar-refractivity contribution >= 4 is 23.5 Å². The molecule has 3 atom stereocenters. The molecule has 1 N–H and O–H groups in total. The number of halogens is 2. The molecule has 0 radical (unpaired) electrons. The number of benzene rings is 2. The van der Waals surface area contributed by atoms with Gasteiger partial charge in [-0.2, -0.15) is 0 Å². The lowest BCUT2D eigenvalue weighted by molar-refractivity contribution is -0.151. The Morgan fingerprint density at radius 1 is 1.15 bits per heavy atom. The number of hydrogen-bond donors (Lipinski definition) is 1. The number of nitrogens with one attached hydrogen (secondary N) is 1. The van der Waals surface area contributed by atoms with Gasteiger partial charge in [-0.15, -0.1) is 0 Å². The van der Waals surface area contributed by atoms with Gasteiger partial charge >= 0.3 is 5.97 Å². The SMILES string of the molecule is COC(=O)C[C@@H]1CC[C@H]2[C@@H](COc3ccc(NC(=O)c4ccc(F)c(F)c4)cc3C(=O)N2C)O1. The lowest BCUT2D eigenvalue weighted by atomic mass is 9.94. The Morgan fingerprint density at radius 2 is 1.94 bits per heavy atom. The van der Waals surface area contributed by atoms with E-state index in [9.17, 15) is 23.2 Å². The summed E-state index contributed by atoms with van der Waals surface area (Å²) in [6.07, 6.45) is 0.617. The molecule has 2 aromatic rings. The number of rotatable bonds is 4. The van der Waals surface area contributed by atoms with Gasteiger partial charge in [-0.05, 0) is 49.2 Å². The zero-order valence-corrected chi connectivity index (χ0v) is 18.7. The van der Waals surface area contributed by atoms with E-state index in [1.165, 1.54) is 19.2 Å². The van der Waals surface area contributed by atoms with E-state index in [0.717, 1.165) is 12.1 Å². The van der Waals surface area contributed by atoms with E-state index in [0.29, 0.717) is 24.3 Å². The molecule has 0 aliphatic carbocycles. The van der Waals surface area contributed by atoms with E-state index in [-0.39, 0.29) is 48.2 Å². The lowest BCUT2D eigenvalue weighted by Crippen LogP contribution is -2.53. The fraction of sp³-hybridized carbons (Fsp3) is 0.375. The molecule has 10 heteroatoms. The van der Waals surface area contributed by atoms with Crippen molar-refractivity contribution in [2.75, 3.05) is 26.1 Å². The Bertz CT molecular complexity index is 1120. The van der Waals surface area contributed by atoms with Crippen molar-refractivity contribution in [3.63, 3.8) is 0 Å². The summed E-state index contributed by atoms with van der Waals surface area (Å²) in [7, 11) is 3.00. The van der Waals surface area contributed by atoms with Gasteiger partial charge in [0.05, 0.1) is 31.2 Å². The third-order valence-electron chi connectivity index (χ3n) is 6.07. The predicted molar refractivity (Wildman–Crippen MR) is 117 cm³/mol. The average molecular weight is 474 g/mol. The highest BCUT2D eigenvalue weighted by Gasteiger charge is 2.39. The first-order valence-corrected chi connectivity index (χ1v) is 10.8. The molecule has 0 aromatic heterocycles. The minimum Gasteiger partial charge on any atom is -0.490 e. The number of fused-ring (bicyclic) bond motifs is 2. The molecule has 8 nitrogen and oxygen atoms in total. The molecule has 180 valence electrons. The summed E-state index contributed by atoms with van der Waals surface area (Å²) in [6, 6.07) is 7.17. The van der Waals surface area contributed by atoms with Gasteiger partial charge in [-0.1, -0.05) is 0 Å². The van der Waals surface area contributed by atoms with Crippen molar-refractivity contribution in [3.05, 3.63) is 59.2 Å². The van der Waals surface area contributed by atoms with Crippen LogP contribution in [0.1, 0.15) is 40.0 Å². The molecule has 34 heavy (non-hydrogen) atoms. The molecule has 0 saturated carbocycles. The Kier molecular flexibility index (Phi) is 6.78. The Hall–Kier alpha value is -3.53. The van der Waals surface area contributed by atoms with Crippen molar-refractivity contribution in [2.45, 2.75) is 37.5 Å². The van der Waals surface area contributed by atoms with Crippen LogP contribution in [0.25, 0.3) is 0 Å². The average Bonchev–Trinajstić information content (AvgIpc) is 2.83. The van der Waals surface area contributed by atoms with Crippen LogP contribution < -0.4 is 10.1 Å². The molecule has 2 aliphatic rings. The van der Waals surface area contributed by atoms with Crippen LogP contribution in [-0.2, 0) is 14.3 Å². The number of nitrogens with zero attached hydrogens (tertiary/aromatic N) is 1. The first-order chi connectivity index (χ1) is 16.3. The number of hydrogen-bond acceptors (Lipinski definition) is 6. The quantitative estimate of drug-likeness (QED) is 0.685. The minimum absolute atomic E-state index is 0.0611. The van der Waals surface area contributed by atoms with Gasteiger partial charge in [0.15, 0.2) is 11.6 Å². The number of esters is 1. The van der Waals surface area contributed by atoms with Crippen LogP contribution in [-0.4, -0.2) is 61.7 Å². The van der Waals surface area contributed by atoms with Crippen molar-refractivity contribution in [1.29, 1.82) is 0 Å². The van der Waals surface area contributed by atoms with Gasteiger partial charge in [-0.3, -0.25) is 14.4 Å². The minimum atomic E-state index is -1.13. The predicted octanol–water partition coefficient (Wildman–Crippen LogP) is 3.16. The van der Waals surface area contributed by atoms with Gasteiger partial charge in [0.2, 0.25) is 0 Å². The fourth-order valence-corrected chi connectivity index (χ4v) is 4.22. The molecule has 2 amide bonds. The first-order valence-electron chi connectivity index (χ1n) is 10.8. The molecule has 1 fully saturated rings. The summed E-state index contributed by atoms with van der Waals surface area (Å²) in [5.74, 6) is -3.19. The van der Waals surface area contributed by atoms with Gasteiger partial charge in [0, 0.05) is 18.3 Å². The summed E-state index contributed by atoms with van der Waals surface area (Å²) < 4.78 is 43.3. The van der Waals surface area contributed by atoms with E-state index in [2.05, 4.69) is 5.32 Å². The molecule has 0 spiro atoms. The number of methoxy groups -OCH3 is 1. The maximum atomic E-state index is 13.5. The van der Waals surface area contributed by atoms with Crippen molar-refractivity contribution < 1.29 is 37.4 Å². The monoisotopic (exact) mass is 474 g/mol. The maximum absolute atomic E-state index is 13.5. The van der Waals surface area contributed by atoms with Crippen molar-refractivity contribution in [1.82, 2.24) is 4.90 Å². The highest BCUT2D eigenvalue weighted by Crippen LogP contribution is 2.32. The second-order valence-corrected chi connectivity index (χ2v) is 8.24. The van der Waals surface area contributed by atoms with Crippen LogP contribution in [0.5, 0.6) is 5.75 Å². The van der Waals surface area contributed by atoms with Gasteiger partial charge in [0.1, 0.15) is 18.5 Å². The lowest BCUT2D eigenvalue weighted by Gasteiger charge is -2.42.